The molecule has 7 nitrogen and oxygen atoms in total. The minimum atomic E-state index is -3.78. The van der Waals surface area contributed by atoms with Crippen LogP contribution in [0.25, 0.3) is 0 Å². The van der Waals surface area contributed by atoms with Crippen LogP contribution in [-0.2, 0) is 14.8 Å². The molecule has 2 N–H and O–H groups in total. The van der Waals surface area contributed by atoms with Gasteiger partial charge in [0.05, 0.1) is 11.5 Å². The van der Waals surface area contributed by atoms with Crippen LogP contribution >= 0.6 is 11.6 Å². The maximum absolute atomic E-state index is 12.6. The lowest BCUT2D eigenvalue weighted by atomic mass is 10.2. The molecule has 32 heavy (non-hydrogen) atoms. The lowest BCUT2D eigenvalue weighted by molar-refractivity contribution is -0.118. The van der Waals surface area contributed by atoms with Gasteiger partial charge < -0.3 is 14.8 Å². The summed E-state index contributed by atoms with van der Waals surface area (Å²) in [4.78, 5) is 12.3. The van der Waals surface area contributed by atoms with E-state index in [2.05, 4.69) is 10.0 Å². The standard InChI is InChI=1S/C23H23ClN2O5S/c1-3-30-20-10-8-18(9-11-20)25-23(27)15-31-22-13-12-21(14-16(22)2)32(28,29)26-19-6-4-17(24)5-7-19/h4-14,26H,3,15H2,1-2H3,(H,25,27). The summed E-state index contributed by atoms with van der Waals surface area (Å²) in [6.45, 7) is 3.95. The van der Waals surface area contributed by atoms with Gasteiger partial charge in [0.2, 0.25) is 0 Å². The first-order valence-corrected chi connectivity index (χ1v) is 11.7. The Hall–Kier alpha value is -3.23. The van der Waals surface area contributed by atoms with Crippen LogP contribution in [0.5, 0.6) is 11.5 Å². The van der Waals surface area contributed by atoms with Gasteiger partial charge in [-0.25, -0.2) is 8.42 Å². The first kappa shape index (κ1) is 23.4. The Balaban J connectivity index is 1.59. The first-order valence-electron chi connectivity index (χ1n) is 9.81. The van der Waals surface area contributed by atoms with E-state index in [1.54, 1.807) is 55.5 Å². The van der Waals surface area contributed by atoms with Crippen LogP contribution in [0.2, 0.25) is 5.02 Å². The number of anilines is 2. The van der Waals surface area contributed by atoms with E-state index in [4.69, 9.17) is 21.1 Å². The molecule has 0 aliphatic heterocycles. The van der Waals surface area contributed by atoms with Crippen LogP contribution in [0.1, 0.15) is 12.5 Å². The van der Waals surface area contributed by atoms with Gasteiger partial charge in [0.15, 0.2) is 6.61 Å². The number of sulfonamides is 1. The summed E-state index contributed by atoms with van der Waals surface area (Å²) >= 11 is 5.83. The Kier molecular flexibility index (Phi) is 7.61. The fraction of sp³-hybridized carbons (Fsp3) is 0.174. The largest absolute Gasteiger partial charge is 0.494 e. The molecule has 0 spiro atoms. The molecule has 0 atom stereocenters. The Bertz CT molecular complexity index is 1180. The van der Waals surface area contributed by atoms with Crippen molar-refractivity contribution < 1.29 is 22.7 Å². The lowest BCUT2D eigenvalue weighted by Gasteiger charge is -2.12. The number of carbonyl (C=O) groups excluding carboxylic acids is 1. The molecule has 0 saturated carbocycles. The van der Waals surface area contributed by atoms with Crippen molar-refractivity contribution in [1.82, 2.24) is 0 Å². The molecule has 0 fully saturated rings. The number of carbonyl (C=O) groups is 1. The highest BCUT2D eigenvalue weighted by Gasteiger charge is 2.16. The molecule has 3 rings (SSSR count). The van der Waals surface area contributed by atoms with Crippen molar-refractivity contribution in [3.05, 3.63) is 77.3 Å². The number of ether oxygens (including phenoxy) is 2. The molecule has 0 heterocycles. The van der Waals surface area contributed by atoms with E-state index in [0.29, 0.717) is 34.3 Å². The van der Waals surface area contributed by atoms with Crippen molar-refractivity contribution in [3.63, 3.8) is 0 Å². The highest BCUT2D eigenvalue weighted by molar-refractivity contribution is 7.92. The number of benzene rings is 3. The molecule has 3 aromatic rings. The molecule has 0 aliphatic carbocycles. The third kappa shape index (κ3) is 6.38. The fourth-order valence-electron chi connectivity index (χ4n) is 2.82. The Morgan fingerprint density at radius 2 is 1.59 bits per heavy atom. The van der Waals surface area contributed by atoms with E-state index < -0.39 is 10.0 Å². The lowest BCUT2D eigenvalue weighted by Crippen LogP contribution is -2.20. The van der Waals surface area contributed by atoms with Gasteiger partial charge in [-0.15, -0.1) is 0 Å². The summed E-state index contributed by atoms with van der Waals surface area (Å²) in [6, 6.07) is 17.8. The van der Waals surface area contributed by atoms with Crippen LogP contribution in [0.4, 0.5) is 11.4 Å². The molecular weight excluding hydrogens is 452 g/mol. The molecule has 0 unspecified atom stereocenters. The monoisotopic (exact) mass is 474 g/mol. The van der Waals surface area contributed by atoms with E-state index in [1.165, 1.54) is 18.2 Å². The third-order valence-corrected chi connectivity index (χ3v) is 5.99. The number of hydrogen-bond acceptors (Lipinski definition) is 5. The molecule has 9 heteroatoms. The minimum absolute atomic E-state index is 0.0798. The summed E-state index contributed by atoms with van der Waals surface area (Å²) < 4.78 is 38.7. The zero-order chi connectivity index (χ0) is 23.1. The number of hydrogen-bond donors (Lipinski definition) is 2. The van der Waals surface area contributed by atoms with Gasteiger partial charge in [0, 0.05) is 16.4 Å². The van der Waals surface area contributed by atoms with Gasteiger partial charge in [-0.3, -0.25) is 9.52 Å². The van der Waals surface area contributed by atoms with Crippen molar-refractivity contribution in [2.45, 2.75) is 18.7 Å². The summed E-state index contributed by atoms with van der Waals surface area (Å²) in [7, 11) is -3.78. The SMILES string of the molecule is CCOc1ccc(NC(=O)COc2ccc(S(=O)(=O)Nc3ccc(Cl)cc3)cc2C)cc1. The van der Waals surface area contributed by atoms with Gasteiger partial charge in [-0.2, -0.15) is 0 Å². The van der Waals surface area contributed by atoms with Crippen molar-refractivity contribution in [1.29, 1.82) is 0 Å². The highest BCUT2D eigenvalue weighted by atomic mass is 35.5. The maximum Gasteiger partial charge on any atom is 0.262 e. The average Bonchev–Trinajstić information content (AvgIpc) is 2.76. The number of amides is 1. The molecule has 0 aliphatic rings. The summed E-state index contributed by atoms with van der Waals surface area (Å²) in [6.07, 6.45) is 0. The molecule has 0 bridgehead atoms. The summed E-state index contributed by atoms with van der Waals surface area (Å²) in [5, 5.41) is 3.24. The zero-order valence-electron chi connectivity index (χ0n) is 17.6. The van der Waals surface area contributed by atoms with Crippen LogP contribution in [-0.4, -0.2) is 27.5 Å². The van der Waals surface area contributed by atoms with E-state index in [1.807, 2.05) is 6.92 Å². The van der Waals surface area contributed by atoms with Gasteiger partial charge in [0.1, 0.15) is 11.5 Å². The molecule has 0 radical (unpaired) electrons. The van der Waals surface area contributed by atoms with E-state index in [9.17, 15) is 13.2 Å². The Labute approximate surface area is 192 Å². The topological polar surface area (TPSA) is 93.7 Å². The predicted molar refractivity (Wildman–Crippen MR) is 125 cm³/mol. The molecule has 3 aromatic carbocycles. The zero-order valence-corrected chi connectivity index (χ0v) is 19.2. The molecule has 0 saturated heterocycles. The van der Waals surface area contributed by atoms with E-state index in [-0.39, 0.29) is 17.4 Å². The quantitative estimate of drug-likeness (QED) is 0.461. The molecule has 1 amide bonds. The Morgan fingerprint density at radius 1 is 0.938 bits per heavy atom. The van der Waals surface area contributed by atoms with Gasteiger partial charge in [0.25, 0.3) is 15.9 Å². The first-order chi connectivity index (χ1) is 15.3. The van der Waals surface area contributed by atoms with Crippen LogP contribution in [0.3, 0.4) is 0 Å². The normalized spacial score (nSPS) is 11.0. The second kappa shape index (κ2) is 10.4. The number of aryl methyl sites for hydroxylation is 1. The van der Waals surface area contributed by atoms with Crippen molar-refractivity contribution in [3.8, 4) is 11.5 Å². The average molecular weight is 475 g/mol. The number of rotatable bonds is 9. The van der Waals surface area contributed by atoms with Crippen LogP contribution in [0.15, 0.2) is 71.6 Å². The van der Waals surface area contributed by atoms with E-state index >= 15 is 0 Å². The second-order valence-corrected chi connectivity index (χ2v) is 8.95. The fourth-order valence-corrected chi connectivity index (χ4v) is 4.09. The van der Waals surface area contributed by atoms with Crippen molar-refractivity contribution in [2.24, 2.45) is 0 Å². The summed E-state index contributed by atoms with van der Waals surface area (Å²) in [5.74, 6) is 0.796. The van der Waals surface area contributed by atoms with Gasteiger partial charge >= 0.3 is 0 Å². The van der Waals surface area contributed by atoms with Crippen LogP contribution < -0.4 is 19.5 Å². The van der Waals surface area contributed by atoms with Crippen LogP contribution in [0, 0.1) is 6.92 Å². The highest BCUT2D eigenvalue weighted by Crippen LogP contribution is 2.24. The smallest absolute Gasteiger partial charge is 0.262 e. The van der Waals surface area contributed by atoms with Gasteiger partial charge in [-0.1, -0.05) is 11.6 Å². The van der Waals surface area contributed by atoms with Crippen molar-refractivity contribution >= 4 is 38.9 Å². The Morgan fingerprint density at radius 3 is 2.22 bits per heavy atom. The second-order valence-electron chi connectivity index (χ2n) is 6.83. The van der Waals surface area contributed by atoms with E-state index in [0.717, 1.165) is 5.75 Å². The van der Waals surface area contributed by atoms with Crippen molar-refractivity contribution in [2.75, 3.05) is 23.3 Å². The minimum Gasteiger partial charge on any atom is -0.494 e. The molecule has 0 aromatic heterocycles. The predicted octanol–water partition coefficient (Wildman–Crippen LogP) is 4.87. The molecular formula is C23H23ClN2O5S. The third-order valence-electron chi connectivity index (χ3n) is 4.36. The number of nitrogens with one attached hydrogen (secondary N) is 2. The number of halogens is 1. The summed E-state index contributed by atoms with van der Waals surface area (Å²) in [5.41, 5.74) is 1.60. The molecule has 168 valence electrons. The maximum atomic E-state index is 12.6. The van der Waals surface area contributed by atoms with Gasteiger partial charge in [-0.05, 0) is 86.1 Å².